The van der Waals surface area contributed by atoms with E-state index in [0.717, 1.165) is 25.0 Å². The van der Waals surface area contributed by atoms with Crippen molar-refractivity contribution in [1.29, 1.82) is 0 Å². The Balaban J connectivity index is 1.72. The van der Waals surface area contributed by atoms with Gasteiger partial charge < -0.3 is 15.2 Å². The zero-order valence-electron chi connectivity index (χ0n) is 16.1. The first-order valence-corrected chi connectivity index (χ1v) is 9.34. The van der Waals surface area contributed by atoms with Gasteiger partial charge in [-0.25, -0.2) is 4.98 Å². The number of pyridine rings is 1. The number of fused-ring (bicyclic) bond motifs is 1. The third-order valence-corrected chi connectivity index (χ3v) is 5.30. The molecule has 1 aliphatic carbocycles. The van der Waals surface area contributed by atoms with E-state index in [-0.39, 0.29) is 12.5 Å². The van der Waals surface area contributed by atoms with Crippen LogP contribution in [0, 0.1) is 0 Å². The Bertz CT molecular complexity index is 1110. The van der Waals surface area contributed by atoms with E-state index in [1.54, 1.807) is 24.3 Å². The van der Waals surface area contributed by atoms with Crippen LogP contribution in [0.1, 0.15) is 28.8 Å². The highest BCUT2D eigenvalue weighted by molar-refractivity contribution is 5.99. The Kier molecular flexibility index (Phi) is 4.89. The molecule has 0 radical (unpaired) electrons. The molecule has 0 atom stereocenters. The summed E-state index contributed by atoms with van der Waals surface area (Å²) in [6, 6.07) is 11.3. The molecule has 0 spiro atoms. The molecule has 3 aromatic rings. The highest BCUT2D eigenvalue weighted by Gasteiger charge is 2.43. The highest BCUT2D eigenvalue weighted by Crippen LogP contribution is 2.36. The molecule has 8 heteroatoms. The molecule has 0 unspecified atom stereocenters. The smallest absolute Gasteiger partial charge is 0.416 e. The van der Waals surface area contributed by atoms with Crippen LogP contribution in [-0.2, 0) is 6.18 Å². The van der Waals surface area contributed by atoms with Crippen molar-refractivity contribution in [1.82, 2.24) is 10.3 Å². The molecule has 1 fully saturated rings. The molecule has 2 aromatic carbocycles. The number of amides is 1. The third kappa shape index (κ3) is 3.82. The van der Waals surface area contributed by atoms with E-state index in [1.807, 2.05) is 0 Å². The highest BCUT2D eigenvalue weighted by atomic mass is 19.4. The predicted octanol–water partition coefficient (Wildman–Crippen LogP) is 4.18. The summed E-state index contributed by atoms with van der Waals surface area (Å²) in [6.07, 6.45) is -2.96. The zero-order valence-corrected chi connectivity index (χ0v) is 16.1. The normalized spacial score (nSPS) is 15.1. The maximum Gasteiger partial charge on any atom is 0.416 e. The summed E-state index contributed by atoms with van der Waals surface area (Å²) in [4.78, 5) is 17.1. The minimum atomic E-state index is -4.41. The number of benzene rings is 2. The number of rotatable bonds is 5. The van der Waals surface area contributed by atoms with E-state index in [4.69, 9.17) is 4.74 Å². The van der Waals surface area contributed by atoms with Gasteiger partial charge in [-0.1, -0.05) is 12.1 Å². The molecule has 1 saturated carbocycles. The summed E-state index contributed by atoms with van der Waals surface area (Å²) in [5.74, 6) is 0.181. The first-order chi connectivity index (χ1) is 14.2. The van der Waals surface area contributed by atoms with Gasteiger partial charge in [-0.2, -0.15) is 13.2 Å². The van der Waals surface area contributed by atoms with Gasteiger partial charge >= 0.3 is 6.18 Å². The van der Waals surface area contributed by atoms with Crippen molar-refractivity contribution in [3.05, 3.63) is 59.7 Å². The predicted molar refractivity (Wildman–Crippen MR) is 105 cm³/mol. The number of nitrogens with zero attached hydrogens (tertiary/aromatic N) is 1. The molecule has 2 N–H and O–H groups in total. The number of methoxy groups -OCH3 is 1. The van der Waals surface area contributed by atoms with E-state index in [1.165, 1.54) is 19.2 Å². The van der Waals surface area contributed by atoms with Crippen molar-refractivity contribution in [2.45, 2.75) is 24.6 Å². The number of nitrogens with one attached hydrogen (secondary N) is 1. The molecular weight excluding hydrogens is 397 g/mol. The molecule has 4 rings (SSSR count). The summed E-state index contributed by atoms with van der Waals surface area (Å²) in [7, 11) is 1.49. The fraction of sp³-hybridized carbons (Fsp3) is 0.273. The fourth-order valence-electron chi connectivity index (χ4n) is 3.27. The molecule has 1 amide bonds. The van der Waals surface area contributed by atoms with E-state index in [2.05, 4.69) is 10.3 Å². The number of ether oxygens (including phenoxy) is 1. The molecule has 30 heavy (non-hydrogen) atoms. The lowest BCUT2D eigenvalue weighted by atomic mass is 10.0. The molecule has 1 aromatic heterocycles. The van der Waals surface area contributed by atoms with Crippen LogP contribution in [0.5, 0.6) is 5.75 Å². The molecular formula is C22H19F3N2O3. The van der Waals surface area contributed by atoms with Crippen molar-refractivity contribution in [2.24, 2.45) is 0 Å². The number of carbonyl (C=O) groups is 1. The average Bonchev–Trinajstić information content (AvgIpc) is 3.51. The van der Waals surface area contributed by atoms with Gasteiger partial charge in [0.05, 0.1) is 36.0 Å². The van der Waals surface area contributed by atoms with Crippen LogP contribution in [0.3, 0.4) is 0 Å². The minimum Gasteiger partial charge on any atom is -0.496 e. The Labute approximate surface area is 170 Å². The van der Waals surface area contributed by atoms with Gasteiger partial charge in [-0.15, -0.1) is 0 Å². The molecule has 0 bridgehead atoms. The number of aliphatic hydroxyl groups excluding tert-OH is 1. The van der Waals surface area contributed by atoms with Crippen molar-refractivity contribution >= 4 is 16.8 Å². The number of alkyl halides is 3. The maximum atomic E-state index is 12.8. The van der Waals surface area contributed by atoms with Crippen LogP contribution in [-0.4, -0.2) is 35.3 Å². The lowest BCUT2D eigenvalue weighted by Gasteiger charge is -2.15. The molecule has 0 saturated heterocycles. The zero-order chi connectivity index (χ0) is 21.5. The number of hydrogen-bond acceptors (Lipinski definition) is 4. The second-order valence-corrected chi connectivity index (χ2v) is 7.41. The first-order valence-electron chi connectivity index (χ1n) is 9.34. The van der Waals surface area contributed by atoms with E-state index in [0.29, 0.717) is 33.5 Å². The van der Waals surface area contributed by atoms with Crippen LogP contribution in [0.2, 0.25) is 0 Å². The molecule has 156 valence electrons. The van der Waals surface area contributed by atoms with E-state index < -0.39 is 17.3 Å². The summed E-state index contributed by atoms with van der Waals surface area (Å²) >= 11 is 0. The first kappa shape index (κ1) is 20.2. The van der Waals surface area contributed by atoms with Crippen molar-refractivity contribution in [3.63, 3.8) is 0 Å². The van der Waals surface area contributed by atoms with Crippen LogP contribution in [0.25, 0.3) is 22.2 Å². The molecule has 5 nitrogen and oxygen atoms in total. The van der Waals surface area contributed by atoms with Gasteiger partial charge in [0, 0.05) is 22.6 Å². The van der Waals surface area contributed by atoms with Gasteiger partial charge in [0.1, 0.15) is 5.75 Å². The van der Waals surface area contributed by atoms with Crippen molar-refractivity contribution in [2.75, 3.05) is 13.7 Å². The van der Waals surface area contributed by atoms with Crippen molar-refractivity contribution in [3.8, 4) is 17.0 Å². The Morgan fingerprint density at radius 3 is 2.43 bits per heavy atom. The summed E-state index contributed by atoms with van der Waals surface area (Å²) in [5.41, 5.74) is 0.497. The second-order valence-electron chi connectivity index (χ2n) is 7.41. The van der Waals surface area contributed by atoms with Gasteiger partial charge in [-0.3, -0.25) is 4.79 Å². The Morgan fingerprint density at radius 1 is 1.17 bits per heavy atom. The third-order valence-electron chi connectivity index (χ3n) is 5.30. The standard InChI is InChI=1S/C22H19F3N2O3/c1-30-19-11-17(13-2-5-15(6-3-13)22(23,24)25)26-18-10-14(4-7-16(18)19)20(29)27-21(12-28)8-9-21/h2-7,10-11,28H,8-9,12H2,1H3,(H,27,29). The summed E-state index contributed by atoms with van der Waals surface area (Å²) in [6.45, 7) is -0.115. The molecule has 1 aliphatic rings. The quantitative estimate of drug-likeness (QED) is 0.655. The van der Waals surface area contributed by atoms with Crippen LogP contribution >= 0.6 is 0 Å². The number of halogens is 3. The van der Waals surface area contributed by atoms with E-state index >= 15 is 0 Å². The van der Waals surface area contributed by atoms with Crippen molar-refractivity contribution < 1.29 is 27.8 Å². The fourth-order valence-corrected chi connectivity index (χ4v) is 3.27. The number of aliphatic hydroxyl groups is 1. The largest absolute Gasteiger partial charge is 0.496 e. The lowest BCUT2D eigenvalue weighted by Crippen LogP contribution is -2.39. The van der Waals surface area contributed by atoms with Gasteiger partial charge in [0.2, 0.25) is 0 Å². The van der Waals surface area contributed by atoms with Gasteiger partial charge in [0.25, 0.3) is 5.91 Å². The van der Waals surface area contributed by atoms with Gasteiger partial charge in [-0.05, 0) is 43.2 Å². The summed E-state index contributed by atoms with van der Waals surface area (Å²) < 4.78 is 43.9. The Morgan fingerprint density at radius 2 is 1.87 bits per heavy atom. The minimum absolute atomic E-state index is 0.115. The number of aromatic nitrogens is 1. The van der Waals surface area contributed by atoms with Gasteiger partial charge in [0.15, 0.2) is 0 Å². The topological polar surface area (TPSA) is 71.5 Å². The summed E-state index contributed by atoms with van der Waals surface area (Å²) in [5, 5.41) is 12.9. The lowest BCUT2D eigenvalue weighted by molar-refractivity contribution is -0.137. The van der Waals surface area contributed by atoms with Crippen LogP contribution in [0.15, 0.2) is 48.5 Å². The average molecular weight is 416 g/mol. The number of carbonyl (C=O) groups excluding carboxylic acids is 1. The number of hydrogen-bond donors (Lipinski definition) is 2. The monoisotopic (exact) mass is 416 g/mol. The Hall–Kier alpha value is -3.13. The molecule has 0 aliphatic heterocycles. The van der Waals surface area contributed by atoms with Crippen LogP contribution in [0.4, 0.5) is 13.2 Å². The second kappa shape index (κ2) is 7.28. The van der Waals surface area contributed by atoms with E-state index in [9.17, 15) is 23.1 Å². The maximum absolute atomic E-state index is 12.8. The molecule has 1 heterocycles. The van der Waals surface area contributed by atoms with Crippen LogP contribution < -0.4 is 10.1 Å². The SMILES string of the molecule is COc1cc(-c2ccc(C(F)(F)F)cc2)nc2cc(C(=O)NC3(CO)CC3)ccc12.